The maximum atomic E-state index is 12.8. The lowest BCUT2D eigenvalue weighted by atomic mass is 10.2. The highest BCUT2D eigenvalue weighted by atomic mass is 35.5. The van der Waals surface area contributed by atoms with Crippen LogP contribution in [0.2, 0.25) is 5.15 Å². The first-order valence-electron chi connectivity index (χ1n) is 6.00. The standard InChI is InChI=1S/C12H14ClF3N2O2/c1-19-7-9-6-18(2-3-20-9)11-5-8(12(14,15)16)4-10(13)17-11/h4-5,9H,2-3,6-7H2,1H3/t9-/m0/s1. The van der Waals surface area contributed by atoms with Crippen molar-refractivity contribution in [2.24, 2.45) is 0 Å². The van der Waals surface area contributed by atoms with Crippen LogP contribution < -0.4 is 4.90 Å². The third-order valence-electron chi connectivity index (χ3n) is 2.92. The third-order valence-corrected chi connectivity index (χ3v) is 3.12. The number of nitrogens with zero attached hydrogens (tertiary/aromatic N) is 2. The van der Waals surface area contributed by atoms with Crippen LogP contribution in [0, 0.1) is 0 Å². The van der Waals surface area contributed by atoms with Gasteiger partial charge in [0.2, 0.25) is 0 Å². The average molecular weight is 311 g/mol. The molecule has 0 amide bonds. The van der Waals surface area contributed by atoms with Gasteiger partial charge in [-0.2, -0.15) is 13.2 Å². The molecule has 0 aromatic carbocycles. The second-order valence-corrected chi connectivity index (χ2v) is 4.82. The minimum atomic E-state index is -4.44. The number of rotatable bonds is 3. The molecule has 0 radical (unpaired) electrons. The molecule has 0 bridgehead atoms. The van der Waals surface area contributed by atoms with Gasteiger partial charge in [-0.25, -0.2) is 4.98 Å². The molecule has 0 unspecified atom stereocenters. The highest BCUT2D eigenvalue weighted by Gasteiger charge is 2.32. The zero-order valence-electron chi connectivity index (χ0n) is 10.8. The molecule has 1 aromatic rings. The first-order valence-corrected chi connectivity index (χ1v) is 6.38. The maximum Gasteiger partial charge on any atom is 0.416 e. The number of pyridine rings is 1. The van der Waals surface area contributed by atoms with Gasteiger partial charge in [0.05, 0.1) is 24.9 Å². The van der Waals surface area contributed by atoms with Gasteiger partial charge in [0.25, 0.3) is 0 Å². The Hall–Kier alpha value is -1.05. The molecule has 2 rings (SSSR count). The van der Waals surface area contributed by atoms with Crippen LogP contribution in [0.15, 0.2) is 12.1 Å². The van der Waals surface area contributed by atoms with Crippen molar-refractivity contribution < 1.29 is 22.6 Å². The molecule has 1 aliphatic heterocycles. The molecular formula is C12H14ClF3N2O2. The van der Waals surface area contributed by atoms with Crippen molar-refractivity contribution in [3.8, 4) is 0 Å². The monoisotopic (exact) mass is 310 g/mol. The molecule has 1 fully saturated rings. The molecule has 0 N–H and O–H groups in total. The molecule has 4 nitrogen and oxygen atoms in total. The lowest BCUT2D eigenvalue weighted by molar-refractivity contribution is -0.137. The van der Waals surface area contributed by atoms with E-state index in [4.69, 9.17) is 21.1 Å². The van der Waals surface area contributed by atoms with E-state index < -0.39 is 11.7 Å². The Morgan fingerprint density at radius 3 is 2.90 bits per heavy atom. The molecule has 0 spiro atoms. The van der Waals surface area contributed by atoms with Crippen LogP contribution in [0.1, 0.15) is 5.56 Å². The highest BCUT2D eigenvalue weighted by Crippen LogP contribution is 2.33. The van der Waals surface area contributed by atoms with Crippen LogP contribution in [0.5, 0.6) is 0 Å². The van der Waals surface area contributed by atoms with E-state index in [0.29, 0.717) is 26.3 Å². The predicted octanol–water partition coefficient (Wildman–Crippen LogP) is 2.61. The van der Waals surface area contributed by atoms with E-state index in [9.17, 15) is 13.2 Å². The zero-order valence-corrected chi connectivity index (χ0v) is 11.5. The predicted molar refractivity (Wildman–Crippen MR) is 68.1 cm³/mol. The van der Waals surface area contributed by atoms with E-state index in [1.807, 2.05) is 0 Å². The van der Waals surface area contributed by atoms with Gasteiger partial charge in [-0.15, -0.1) is 0 Å². The van der Waals surface area contributed by atoms with Crippen molar-refractivity contribution in [2.45, 2.75) is 12.3 Å². The summed E-state index contributed by atoms with van der Waals surface area (Å²) in [5.74, 6) is 0.203. The molecule has 2 heterocycles. The number of morpholine rings is 1. The van der Waals surface area contributed by atoms with Crippen molar-refractivity contribution in [3.05, 3.63) is 22.8 Å². The van der Waals surface area contributed by atoms with Gasteiger partial charge in [-0.3, -0.25) is 0 Å². The summed E-state index contributed by atoms with van der Waals surface area (Å²) in [6.07, 6.45) is -4.64. The van der Waals surface area contributed by atoms with Gasteiger partial charge in [0.15, 0.2) is 0 Å². The summed E-state index contributed by atoms with van der Waals surface area (Å²) in [7, 11) is 1.54. The Labute approximate surface area is 119 Å². The van der Waals surface area contributed by atoms with Crippen molar-refractivity contribution in [2.75, 3.05) is 38.3 Å². The summed E-state index contributed by atoms with van der Waals surface area (Å²) in [6.45, 7) is 1.66. The fourth-order valence-corrected chi connectivity index (χ4v) is 2.23. The lowest BCUT2D eigenvalue weighted by Crippen LogP contribution is -2.44. The Bertz CT molecular complexity index is 469. The lowest BCUT2D eigenvalue weighted by Gasteiger charge is -2.33. The van der Waals surface area contributed by atoms with Gasteiger partial charge in [-0.05, 0) is 12.1 Å². The molecule has 8 heteroatoms. The number of methoxy groups -OCH3 is 1. The molecular weight excluding hydrogens is 297 g/mol. The molecule has 1 aliphatic rings. The Morgan fingerprint density at radius 1 is 1.50 bits per heavy atom. The molecule has 1 aromatic heterocycles. The van der Waals surface area contributed by atoms with Crippen molar-refractivity contribution in [1.82, 2.24) is 4.98 Å². The number of alkyl halides is 3. The molecule has 20 heavy (non-hydrogen) atoms. The number of aromatic nitrogens is 1. The molecule has 1 saturated heterocycles. The zero-order chi connectivity index (χ0) is 14.8. The van der Waals surface area contributed by atoms with E-state index >= 15 is 0 Å². The second-order valence-electron chi connectivity index (χ2n) is 4.43. The van der Waals surface area contributed by atoms with E-state index in [1.165, 1.54) is 0 Å². The topological polar surface area (TPSA) is 34.6 Å². The van der Waals surface area contributed by atoms with Crippen LogP contribution in [-0.4, -0.2) is 44.5 Å². The number of hydrogen-bond donors (Lipinski definition) is 0. The summed E-state index contributed by atoms with van der Waals surface area (Å²) < 4.78 is 48.7. The quantitative estimate of drug-likeness (QED) is 0.804. The van der Waals surface area contributed by atoms with Crippen LogP contribution in [-0.2, 0) is 15.7 Å². The highest BCUT2D eigenvalue weighted by molar-refractivity contribution is 6.29. The minimum absolute atomic E-state index is 0.176. The Morgan fingerprint density at radius 2 is 2.25 bits per heavy atom. The smallest absolute Gasteiger partial charge is 0.382 e. The van der Waals surface area contributed by atoms with E-state index in [2.05, 4.69) is 4.98 Å². The number of ether oxygens (including phenoxy) is 2. The van der Waals surface area contributed by atoms with Crippen LogP contribution in [0.4, 0.5) is 19.0 Å². The minimum Gasteiger partial charge on any atom is -0.382 e. The van der Waals surface area contributed by atoms with Crippen molar-refractivity contribution in [1.29, 1.82) is 0 Å². The van der Waals surface area contributed by atoms with Gasteiger partial charge >= 0.3 is 6.18 Å². The fourth-order valence-electron chi connectivity index (χ4n) is 2.02. The van der Waals surface area contributed by atoms with Crippen LogP contribution in [0.3, 0.4) is 0 Å². The largest absolute Gasteiger partial charge is 0.416 e. The molecule has 0 saturated carbocycles. The Balaban J connectivity index is 2.21. The number of hydrogen-bond acceptors (Lipinski definition) is 4. The summed E-state index contributed by atoms with van der Waals surface area (Å²) in [5, 5.41) is -0.176. The molecule has 0 aliphatic carbocycles. The van der Waals surface area contributed by atoms with Crippen molar-refractivity contribution >= 4 is 17.4 Å². The average Bonchev–Trinajstić information content (AvgIpc) is 2.38. The van der Waals surface area contributed by atoms with Gasteiger partial charge in [-0.1, -0.05) is 11.6 Å². The maximum absolute atomic E-state index is 12.8. The number of anilines is 1. The Kier molecular flexibility index (Phi) is 4.72. The summed E-state index contributed by atoms with van der Waals surface area (Å²) in [6, 6.07) is 1.82. The van der Waals surface area contributed by atoms with E-state index in [0.717, 1.165) is 12.1 Å². The number of halogens is 4. The van der Waals surface area contributed by atoms with E-state index in [1.54, 1.807) is 12.0 Å². The van der Waals surface area contributed by atoms with Gasteiger partial charge in [0.1, 0.15) is 11.0 Å². The van der Waals surface area contributed by atoms with Crippen molar-refractivity contribution in [3.63, 3.8) is 0 Å². The third kappa shape index (κ3) is 3.74. The first-order chi connectivity index (χ1) is 9.40. The SMILES string of the molecule is COC[C@@H]1CN(c2cc(C(F)(F)F)cc(Cl)n2)CCO1. The summed E-state index contributed by atoms with van der Waals surface area (Å²) >= 11 is 5.68. The van der Waals surface area contributed by atoms with Crippen LogP contribution >= 0.6 is 11.6 Å². The normalized spacial score (nSPS) is 20.2. The van der Waals surface area contributed by atoms with E-state index in [-0.39, 0.29) is 17.1 Å². The van der Waals surface area contributed by atoms with Gasteiger partial charge < -0.3 is 14.4 Å². The molecule has 1 atom stereocenters. The van der Waals surface area contributed by atoms with Crippen LogP contribution in [0.25, 0.3) is 0 Å². The fraction of sp³-hybridized carbons (Fsp3) is 0.583. The molecule has 112 valence electrons. The van der Waals surface area contributed by atoms with Gasteiger partial charge in [0, 0.05) is 20.2 Å². The first kappa shape index (κ1) is 15.3. The summed E-state index contributed by atoms with van der Waals surface area (Å²) in [4.78, 5) is 5.68. The second kappa shape index (κ2) is 6.15. The summed E-state index contributed by atoms with van der Waals surface area (Å²) in [5.41, 5.74) is -0.803.